The number of ether oxygens (including phenoxy) is 1. The Morgan fingerprint density at radius 1 is 1.27 bits per heavy atom. The average Bonchev–Trinajstić information content (AvgIpc) is 2.66. The van der Waals surface area contributed by atoms with Crippen LogP contribution in [0.3, 0.4) is 0 Å². The van der Waals surface area contributed by atoms with Crippen LogP contribution in [-0.2, 0) is 13.0 Å². The van der Waals surface area contributed by atoms with E-state index in [1.165, 1.54) is 12.1 Å². The first-order chi connectivity index (χ1) is 12.5. The molecule has 0 unspecified atom stereocenters. The van der Waals surface area contributed by atoms with E-state index in [1.54, 1.807) is 25.3 Å². The van der Waals surface area contributed by atoms with Gasteiger partial charge in [-0.2, -0.15) is 0 Å². The number of aromatic nitrogens is 1. The highest BCUT2D eigenvalue weighted by molar-refractivity contribution is 5.20. The largest absolute Gasteiger partial charge is 0.481 e. The van der Waals surface area contributed by atoms with Crippen LogP contribution in [0, 0.1) is 11.2 Å². The van der Waals surface area contributed by atoms with Gasteiger partial charge in [-0.15, -0.1) is 0 Å². The van der Waals surface area contributed by atoms with E-state index in [0.717, 1.165) is 17.8 Å². The quantitative estimate of drug-likeness (QED) is 0.825. The lowest BCUT2D eigenvalue weighted by atomic mass is 9.73. The number of piperidine rings is 1. The first kappa shape index (κ1) is 18.8. The van der Waals surface area contributed by atoms with Gasteiger partial charge < -0.3 is 14.9 Å². The van der Waals surface area contributed by atoms with Crippen LogP contribution in [0.25, 0.3) is 0 Å². The Hall–Kier alpha value is -2.02. The Labute approximate surface area is 153 Å². The minimum absolute atomic E-state index is 0.131. The maximum absolute atomic E-state index is 13.2. The number of aliphatic hydroxyl groups excluding tert-OH is 2. The molecule has 0 spiro atoms. The summed E-state index contributed by atoms with van der Waals surface area (Å²) in [5.41, 5.74) is 1.12. The van der Waals surface area contributed by atoms with Gasteiger partial charge in [0, 0.05) is 31.1 Å². The molecule has 140 valence electrons. The zero-order valence-corrected chi connectivity index (χ0v) is 14.9. The zero-order chi connectivity index (χ0) is 18.6. The van der Waals surface area contributed by atoms with Gasteiger partial charge in [0.15, 0.2) is 0 Å². The second kappa shape index (κ2) is 8.12. The molecule has 2 N–H and O–H groups in total. The van der Waals surface area contributed by atoms with Crippen LogP contribution in [0.1, 0.15) is 17.7 Å². The van der Waals surface area contributed by atoms with Crippen molar-refractivity contribution in [2.45, 2.75) is 25.5 Å². The predicted molar refractivity (Wildman–Crippen MR) is 96.3 cm³/mol. The monoisotopic (exact) mass is 360 g/mol. The first-order valence-corrected chi connectivity index (χ1v) is 8.80. The Balaban J connectivity index is 1.75. The summed E-state index contributed by atoms with van der Waals surface area (Å²) in [5, 5.41) is 20.7. The van der Waals surface area contributed by atoms with E-state index < -0.39 is 11.5 Å². The second-order valence-corrected chi connectivity index (χ2v) is 7.01. The zero-order valence-electron chi connectivity index (χ0n) is 14.9. The number of methoxy groups -OCH3 is 1. The van der Waals surface area contributed by atoms with E-state index >= 15 is 0 Å². The van der Waals surface area contributed by atoms with Crippen LogP contribution in [0.4, 0.5) is 4.39 Å². The fraction of sp³-hybridized carbons (Fsp3) is 0.450. The van der Waals surface area contributed by atoms with Crippen molar-refractivity contribution < 1.29 is 19.3 Å². The van der Waals surface area contributed by atoms with Crippen molar-refractivity contribution in [1.82, 2.24) is 9.88 Å². The van der Waals surface area contributed by atoms with Crippen LogP contribution in [0.15, 0.2) is 42.5 Å². The first-order valence-electron chi connectivity index (χ1n) is 8.80. The molecule has 0 aliphatic carbocycles. The topological polar surface area (TPSA) is 65.8 Å². The Bertz CT molecular complexity index is 725. The lowest BCUT2D eigenvalue weighted by molar-refractivity contribution is -0.0771. The molecule has 1 fully saturated rings. The third kappa shape index (κ3) is 4.20. The molecule has 0 bridgehead atoms. The van der Waals surface area contributed by atoms with Gasteiger partial charge in [0.05, 0.1) is 25.5 Å². The number of hydrogen-bond donors (Lipinski definition) is 2. The fourth-order valence-corrected chi connectivity index (χ4v) is 3.66. The van der Waals surface area contributed by atoms with E-state index in [9.17, 15) is 14.6 Å². The minimum atomic E-state index is -0.672. The number of halogens is 1. The van der Waals surface area contributed by atoms with E-state index in [2.05, 4.69) is 9.88 Å². The molecule has 1 aliphatic rings. The van der Waals surface area contributed by atoms with Crippen LogP contribution < -0.4 is 4.74 Å². The Morgan fingerprint density at radius 2 is 2.04 bits per heavy atom. The lowest BCUT2D eigenvalue weighted by Crippen LogP contribution is -2.54. The third-order valence-electron chi connectivity index (χ3n) is 5.12. The molecule has 0 radical (unpaired) electrons. The van der Waals surface area contributed by atoms with Gasteiger partial charge in [-0.05, 0) is 36.6 Å². The van der Waals surface area contributed by atoms with Crippen molar-refractivity contribution in [3.8, 4) is 5.88 Å². The number of benzene rings is 1. The summed E-state index contributed by atoms with van der Waals surface area (Å²) in [4.78, 5) is 6.63. The molecule has 1 aromatic carbocycles. The number of rotatable bonds is 6. The Kier molecular flexibility index (Phi) is 5.86. The summed E-state index contributed by atoms with van der Waals surface area (Å²) in [7, 11) is 1.59. The molecule has 3 rings (SSSR count). The number of likely N-dealkylation sites (tertiary alicyclic amines) is 1. The molecule has 26 heavy (non-hydrogen) atoms. The Morgan fingerprint density at radius 3 is 2.73 bits per heavy atom. The second-order valence-electron chi connectivity index (χ2n) is 7.01. The molecule has 1 saturated heterocycles. The summed E-state index contributed by atoms with van der Waals surface area (Å²) < 4.78 is 18.3. The number of aliphatic hydroxyl groups is 2. The molecule has 0 amide bonds. The van der Waals surface area contributed by atoms with Crippen LogP contribution >= 0.6 is 0 Å². The number of nitrogens with zero attached hydrogens (tertiary/aromatic N) is 2. The van der Waals surface area contributed by atoms with E-state index in [0.29, 0.717) is 31.8 Å². The van der Waals surface area contributed by atoms with Gasteiger partial charge in [0.2, 0.25) is 5.88 Å². The summed E-state index contributed by atoms with van der Waals surface area (Å²) in [6.45, 7) is 1.76. The maximum Gasteiger partial charge on any atom is 0.213 e. The summed E-state index contributed by atoms with van der Waals surface area (Å²) in [6.07, 6.45) is 0.464. The molecular formula is C20H25FN2O3. The molecule has 0 saturated carbocycles. The molecule has 6 heteroatoms. The van der Waals surface area contributed by atoms with Crippen molar-refractivity contribution in [3.05, 3.63) is 59.5 Å². The highest BCUT2D eigenvalue weighted by Crippen LogP contribution is 2.34. The van der Waals surface area contributed by atoms with Crippen molar-refractivity contribution in [3.63, 3.8) is 0 Å². The molecular weight excluding hydrogens is 335 g/mol. The summed E-state index contributed by atoms with van der Waals surface area (Å²) in [6, 6.07) is 11.9. The number of pyridine rings is 1. The van der Waals surface area contributed by atoms with Gasteiger partial charge in [-0.25, -0.2) is 9.37 Å². The highest BCUT2D eigenvalue weighted by Gasteiger charge is 2.42. The van der Waals surface area contributed by atoms with Gasteiger partial charge in [0.1, 0.15) is 5.82 Å². The van der Waals surface area contributed by atoms with Crippen LogP contribution in [-0.4, -0.2) is 53.0 Å². The van der Waals surface area contributed by atoms with E-state index in [-0.39, 0.29) is 12.4 Å². The SMILES string of the molecule is COc1cccc(CN2CC[C@H](O)[C@@](CO)(Cc3ccc(F)cc3)C2)n1. The maximum atomic E-state index is 13.2. The third-order valence-corrected chi connectivity index (χ3v) is 5.12. The minimum Gasteiger partial charge on any atom is -0.481 e. The van der Waals surface area contributed by atoms with Crippen LogP contribution in [0.2, 0.25) is 0 Å². The fourth-order valence-electron chi connectivity index (χ4n) is 3.66. The van der Waals surface area contributed by atoms with E-state index in [4.69, 9.17) is 4.74 Å². The molecule has 1 aliphatic heterocycles. The van der Waals surface area contributed by atoms with Crippen molar-refractivity contribution in [1.29, 1.82) is 0 Å². The molecule has 1 aromatic heterocycles. The predicted octanol–water partition coefficient (Wildman–Crippen LogP) is 2.02. The number of hydrogen-bond acceptors (Lipinski definition) is 5. The molecule has 5 nitrogen and oxygen atoms in total. The molecule has 2 atom stereocenters. The summed E-state index contributed by atoms with van der Waals surface area (Å²) in [5.74, 6) is 0.279. The molecule has 2 aromatic rings. The van der Waals surface area contributed by atoms with Crippen molar-refractivity contribution in [2.75, 3.05) is 26.8 Å². The average molecular weight is 360 g/mol. The van der Waals surface area contributed by atoms with Gasteiger partial charge in [-0.1, -0.05) is 18.2 Å². The van der Waals surface area contributed by atoms with Gasteiger partial charge in [-0.3, -0.25) is 4.90 Å². The smallest absolute Gasteiger partial charge is 0.213 e. The highest BCUT2D eigenvalue weighted by atomic mass is 19.1. The summed E-state index contributed by atoms with van der Waals surface area (Å²) >= 11 is 0. The van der Waals surface area contributed by atoms with Crippen molar-refractivity contribution >= 4 is 0 Å². The van der Waals surface area contributed by atoms with Crippen LogP contribution in [0.5, 0.6) is 5.88 Å². The van der Waals surface area contributed by atoms with Crippen molar-refractivity contribution in [2.24, 2.45) is 5.41 Å². The standard InChI is InChI=1S/C20H25FN2O3/c1-26-19-4-2-3-17(22-19)12-23-10-9-18(25)20(13-23,14-24)11-15-5-7-16(21)8-6-15/h2-8,18,24-25H,9-14H2,1H3/t18-,20-/m0/s1. The van der Waals surface area contributed by atoms with Gasteiger partial charge >= 0.3 is 0 Å². The molecule has 2 heterocycles. The normalized spacial score (nSPS) is 23.8. The van der Waals surface area contributed by atoms with E-state index in [1.807, 2.05) is 12.1 Å². The van der Waals surface area contributed by atoms with Gasteiger partial charge in [0.25, 0.3) is 0 Å². The lowest BCUT2D eigenvalue weighted by Gasteiger charge is -2.45.